The highest BCUT2D eigenvalue weighted by atomic mass is 32.1. The summed E-state index contributed by atoms with van der Waals surface area (Å²) in [5.41, 5.74) is 5.39. The van der Waals surface area contributed by atoms with E-state index < -0.39 is 0 Å². The first-order chi connectivity index (χ1) is 24.2. The lowest BCUT2D eigenvalue weighted by atomic mass is 10.0. The second-order valence-electron chi connectivity index (χ2n) is 11.9. The van der Waals surface area contributed by atoms with E-state index in [0.717, 1.165) is 47.9 Å². The molecule has 0 aliphatic rings. The van der Waals surface area contributed by atoms with Gasteiger partial charge in [-0.15, -0.1) is 11.3 Å². The van der Waals surface area contributed by atoms with Gasteiger partial charge in [-0.3, -0.25) is 18.6 Å². The van der Waals surface area contributed by atoms with Crippen LogP contribution >= 0.6 is 11.3 Å². The van der Waals surface area contributed by atoms with Gasteiger partial charge in [0.05, 0.1) is 43.5 Å². The van der Waals surface area contributed by atoms with Gasteiger partial charge in [0.1, 0.15) is 0 Å². The quantitative estimate of drug-likeness (QED) is 0.141. The number of hydrogen-bond acceptors (Lipinski definition) is 6. The van der Waals surface area contributed by atoms with Crippen LogP contribution in [0.5, 0.6) is 0 Å². The van der Waals surface area contributed by atoms with Gasteiger partial charge in [-0.2, -0.15) is 0 Å². The van der Waals surface area contributed by atoms with Crippen molar-refractivity contribution in [3.63, 3.8) is 0 Å². The van der Waals surface area contributed by atoms with Crippen molar-refractivity contribution < 1.29 is 0 Å². The fraction of sp³-hybridized carbons (Fsp3) is 0. The summed E-state index contributed by atoms with van der Waals surface area (Å²) in [5, 5.41) is 3.28. The third kappa shape index (κ3) is 4.04. The van der Waals surface area contributed by atoms with Crippen molar-refractivity contribution in [1.29, 1.82) is 0 Å². The lowest BCUT2D eigenvalue weighted by Gasteiger charge is -2.16. The molecule has 0 bridgehead atoms. The molecule has 0 fully saturated rings. The molecule has 0 atom stereocenters. The maximum atomic E-state index is 14.7. The Hall–Kier alpha value is -6.51. The number of rotatable bonds is 3. The predicted octanol–water partition coefficient (Wildman–Crippen LogP) is 8.80. The SMILES string of the molecule is O=c1c2nc3ccccc3c(=O)n2c2ccccc2n1-c1cc2c3nc(-c4ccccc4)nc(-c4ccccc4)c3sc2c2ccccc12. The summed E-state index contributed by atoms with van der Waals surface area (Å²) in [4.78, 5) is 43.7. The van der Waals surface area contributed by atoms with E-state index in [4.69, 9.17) is 15.0 Å². The highest BCUT2D eigenvalue weighted by Gasteiger charge is 2.22. The van der Waals surface area contributed by atoms with E-state index in [9.17, 15) is 9.59 Å². The minimum atomic E-state index is -0.379. The third-order valence-corrected chi connectivity index (χ3v) is 10.4. The first-order valence-electron chi connectivity index (χ1n) is 15.9. The fourth-order valence-electron chi connectivity index (χ4n) is 6.93. The highest BCUT2D eigenvalue weighted by molar-refractivity contribution is 7.27. The number of thiophene rings is 1. The van der Waals surface area contributed by atoms with Gasteiger partial charge in [-0.1, -0.05) is 109 Å². The van der Waals surface area contributed by atoms with E-state index in [1.165, 1.54) is 4.40 Å². The topological polar surface area (TPSA) is 82.1 Å². The molecule has 7 nitrogen and oxygen atoms in total. The molecule has 0 N–H and O–H groups in total. The van der Waals surface area contributed by atoms with Crippen LogP contribution in [0.15, 0.2) is 149 Å². The van der Waals surface area contributed by atoms with E-state index in [-0.39, 0.29) is 16.8 Å². The molecule has 6 aromatic carbocycles. The number of para-hydroxylation sites is 3. The van der Waals surface area contributed by atoms with Crippen molar-refractivity contribution in [3.8, 4) is 28.3 Å². The van der Waals surface area contributed by atoms with Gasteiger partial charge in [-0.25, -0.2) is 15.0 Å². The molecule has 0 saturated heterocycles. The van der Waals surface area contributed by atoms with Gasteiger partial charge in [0.2, 0.25) is 5.65 Å². The number of hydrogen-bond donors (Lipinski definition) is 0. The van der Waals surface area contributed by atoms with Gasteiger partial charge >= 0.3 is 0 Å². The second kappa shape index (κ2) is 10.5. The van der Waals surface area contributed by atoms with Crippen LogP contribution in [0.1, 0.15) is 0 Å². The number of fused-ring (bicyclic) bond motifs is 9. The Bertz CT molecular complexity index is 3090. The highest BCUT2D eigenvalue weighted by Crippen LogP contribution is 2.44. The van der Waals surface area contributed by atoms with Crippen LogP contribution in [0.25, 0.3) is 87.0 Å². The number of benzene rings is 6. The molecule has 49 heavy (non-hydrogen) atoms. The first kappa shape index (κ1) is 27.6. The monoisotopic (exact) mass is 649 g/mol. The molecular weight excluding hydrogens is 627 g/mol. The molecule has 8 heteroatoms. The third-order valence-electron chi connectivity index (χ3n) is 9.15. The first-order valence-corrected chi connectivity index (χ1v) is 16.7. The lowest BCUT2D eigenvalue weighted by Crippen LogP contribution is -2.28. The van der Waals surface area contributed by atoms with Gasteiger partial charge in [0.25, 0.3) is 11.1 Å². The van der Waals surface area contributed by atoms with Crippen LogP contribution in [-0.4, -0.2) is 23.9 Å². The molecule has 0 aliphatic carbocycles. The Morgan fingerprint density at radius 1 is 0.510 bits per heavy atom. The van der Waals surface area contributed by atoms with Crippen LogP contribution in [0, 0.1) is 0 Å². The molecule has 0 aliphatic heterocycles. The summed E-state index contributed by atoms with van der Waals surface area (Å²) in [5.74, 6) is 0.630. The molecule has 0 spiro atoms. The Labute approximate surface area is 281 Å². The smallest absolute Gasteiger partial charge is 0.272 e. The summed E-state index contributed by atoms with van der Waals surface area (Å²) in [6.07, 6.45) is 0. The largest absolute Gasteiger partial charge is 0.299 e. The van der Waals surface area contributed by atoms with Crippen molar-refractivity contribution in [3.05, 3.63) is 160 Å². The van der Waals surface area contributed by atoms with Gasteiger partial charge in [-0.05, 0) is 30.3 Å². The summed E-state index contributed by atoms with van der Waals surface area (Å²) in [6, 6.07) is 45.0. The van der Waals surface area contributed by atoms with Crippen LogP contribution in [0.2, 0.25) is 0 Å². The Balaban J connectivity index is 1.38. The Morgan fingerprint density at radius 3 is 1.92 bits per heavy atom. The van der Waals surface area contributed by atoms with E-state index in [1.807, 2.05) is 103 Å². The zero-order valence-corrected chi connectivity index (χ0v) is 26.6. The average Bonchev–Trinajstić information content (AvgIpc) is 3.54. The van der Waals surface area contributed by atoms with Crippen molar-refractivity contribution in [2.24, 2.45) is 0 Å². The normalized spacial score (nSPS) is 11.8. The summed E-state index contributed by atoms with van der Waals surface area (Å²) < 4.78 is 5.18. The minimum Gasteiger partial charge on any atom is -0.272 e. The maximum Gasteiger partial charge on any atom is 0.299 e. The molecule has 4 aromatic heterocycles. The van der Waals surface area contributed by atoms with Crippen molar-refractivity contribution in [2.75, 3.05) is 0 Å². The molecule has 0 radical (unpaired) electrons. The maximum absolute atomic E-state index is 14.7. The standard InChI is InChI=1S/C41H23N5O2S/c47-40-28-19-9-10-20-30(28)42-39-41(48)45(31-21-11-12-22-32(31)46(39)40)33-23-29-35-37(49-36(29)27-18-8-7-17-26(27)33)34(24-13-3-1-4-14-24)43-38(44-35)25-15-5-2-6-16-25/h1-23H. The molecule has 10 rings (SSSR count). The van der Waals surface area contributed by atoms with Crippen molar-refractivity contribution in [2.45, 2.75) is 0 Å². The van der Waals surface area contributed by atoms with E-state index in [2.05, 4.69) is 24.3 Å². The van der Waals surface area contributed by atoms with E-state index in [0.29, 0.717) is 33.4 Å². The number of nitrogens with zero attached hydrogens (tertiary/aromatic N) is 5. The minimum absolute atomic E-state index is 0.0711. The second-order valence-corrected chi connectivity index (χ2v) is 13.0. The summed E-state index contributed by atoms with van der Waals surface area (Å²) >= 11 is 1.66. The zero-order chi connectivity index (χ0) is 32.6. The summed E-state index contributed by atoms with van der Waals surface area (Å²) in [7, 11) is 0. The Kier molecular flexibility index (Phi) is 5.91. The molecular formula is C41H23N5O2S. The van der Waals surface area contributed by atoms with Crippen molar-refractivity contribution in [1.82, 2.24) is 23.9 Å². The number of aromatic nitrogens is 5. The molecule has 0 saturated carbocycles. The summed E-state index contributed by atoms with van der Waals surface area (Å²) in [6.45, 7) is 0. The molecule has 0 unspecified atom stereocenters. The predicted molar refractivity (Wildman–Crippen MR) is 199 cm³/mol. The zero-order valence-electron chi connectivity index (χ0n) is 25.7. The van der Waals surface area contributed by atoms with Crippen LogP contribution in [-0.2, 0) is 0 Å². The molecule has 10 aromatic rings. The lowest BCUT2D eigenvalue weighted by molar-refractivity contribution is 0.995. The molecule has 4 heterocycles. The van der Waals surface area contributed by atoms with Crippen LogP contribution in [0.3, 0.4) is 0 Å². The molecule has 0 amide bonds. The van der Waals surface area contributed by atoms with Crippen LogP contribution < -0.4 is 11.1 Å². The van der Waals surface area contributed by atoms with Gasteiger partial charge < -0.3 is 0 Å². The van der Waals surface area contributed by atoms with Crippen molar-refractivity contribution >= 4 is 70.0 Å². The average molecular weight is 650 g/mol. The van der Waals surface area contributed by atoms with Crippen LogP contribution in [0.4, 0.5) is 0 Å². The van der Waals surface area contributed by atoms with Gasteiger partial charge in [0.15, 0.2) is 5.82 Å². The van der Waals surface area contributed by atoms with E-state index in [1.54, 1.807) is 28.0 Å². The molecule has 230 valence electrons. The Morgan fingerprint density at radius 2 is 1.14 bits per heavy atom. The van der Waals surface area contributed by atoms with Gasteiger partial charge in [0, 0.05) is 32.0 Å². The van der Waals surface area contributed by atoms with E-state index >= 15 is 0 Å². The fourth-order valence-corrected chi connectivity index (χ4v) is 8.20.